The van der Waals surface area contributed by atoms with Crippen molar-refractivity contribution in [1.82, 2.24) is 20.2 Å². The number of piperazine rings is 1. The number of H-pyrrole nitrogens is 2. The predicted molar refractivity (Wildman–Crippen MR) is 84.1 cm³/mol. The minimum Gasteiger partial charge on any atom is -0.353 e. The SMILES string of the molecule is Cc1[nH]c(=O)[nH]c(=O)c1CCC(=O)N1CCNC(=O)C1C(C)C. The number of aromatic nitrogens is 2. The van der Waals surface area contributed by atoms with Crippen LogP contribution < -0.4 is 16.6 Å². The van der Waals surface area contributed by atoms with Crippen molar-refractivity contribution in [3.63, 3.8) is 0 Å². The molecule has 0 spiro atoms. The summed E-state index contributed by atoms with van der Waals surface area (Å²) < 4.78 is 0. The van der Waals surface area contributed by atoms with Gasteiger partial charge in [-0.25, -0.2) is 4.79 Å². The third kappa shape index (κ3) is 3.69. The summed E-state index contributed by atoms with van der Waals surface area (Å²) >= 11 is 0. The maximum absolute atomic E-state index is 12.5. The van der Waals surface area contributed by atoms with Crippen molar-refractivity contribution < 1.29 is 9.59 Å². The van der Waals surface area contributed by atoms with Crippen LogP contribution in [0.5, 0.6) is 0 Å². The lowest BCUT2D eigenvalue weighted by Gasteiger charge is -2.37. The summed E-state index contributed by atoms with van der Waals surface area (Å²) in [6, 6.07) is -0.480. The molecule has 1 aliphatic rings. The number of nitrogens with zero attached hydrogens (tertiary/aromatic N) is 1. The lowest BCUT2D eigenvalue weighted by Crippen LogP contribution is -2.59. The van der Waals surface area contributed by atoms with Crippen molar-refractivity contribution in [1.29, 1.82) is 0 Å². The first-order chi connectivity index (χ1) is 10.8. The lowest BCUT2D eigenvalue weighted by molar-refractivity contribution is -0.145. The van der Waals surface area contributed by atoms with Crippen LogP contribution >= 0.6 is 0 Å². The molecule has 2 heterocycles. The summed E-state index contributed by atoms with van der Waals surface area (Å²) in [6.45, 7) is 6.32. The van der Waals surface area contributed by atoms with Gasteiger partial charge < -0.3 is 15.2 Å². The van der Waals surface area contributed by atoms with Crippen LogP contribution in [0.2, 0.25) is 0 Å². The van der Waals surface area contributed by atoms with E-state index in [2.05, 4.69) is 15.3 Å². The molecule has 2 amide bonds. The van der Waals surface area contributed by atoms with Gasteiger partial charge in [-0.15, -0.1) is 0 Å². The van der Waals surface area contributed by atoms with Crippen LogP contribution in [0.3, 0.4) is 0 Å². The molecule has 0 radical (unpaired) electrons. The topological polar surface area (TPSA) is 115 Å². The first-order valence-corrected chi connectivity index (χ1v) is 7.70. The number of carbonyl (C=O) groups is 2. The average Bonchev–Trinajstić information content (AvgIpc) is 2.45. The molecule has 1 fully saturated rings. The normalized spacial score (nSPS) is 18.2. The lowest BCUT2D eigenvalue weighted by atomic mass is 9.98. The maximum Gasteiger partial charge on any atom is 0.325 e. The quantitative estimate of drug-likeness (QED) is 0.679. The van der Waals surface area contributed by atoms with Gasteiger partial charge in [-0.1, -0.05) is 13.8 Å². The molecule has 23 heavy (non-hydrogen) atoms. The molecule has 3 N–H and O–H groups in total. The van der Waals surface area contributed by atoms with Crippen LogP contribution in [0.15, 0.2) is 9.59 Å². The van der Waals surface area contributed by atoms with Gasteiger partial charge in [0, 0.05) is 30.8 Å². The van der Waals surface area contributed by atoms with E-state index < -0.39 is 17.3 Å². The Balaban J connectivity index is 2.11. The summed E-state index contributed by atoms with van der Waals surface area (Å²) in [4.78, 5) is 53.7. The number of hydrogen-bond acceptors (Lipinski definition) is 4. The molecule has 0 saturated carbocycles. The van der Waals surface area contributed by atoms with Crippen LogP contribution in [0.25, 0.3) is 0 Å². The molecule has 1 aromatic heterocycles. The van der Waals surface area contributed by atoms with Crippen LogP contribution in [-0.4, -0.2) is 45.8 Å². The Morgan fingerprint density at radius 1 is 1.26 bits per heavy atom. The first-order valence-electron chi connectivity index (χ1n) is 7.70. The molecule has 0 aromatic carbocycles. The Kier molecular flexibility index (Phi) is 5.02. The van der Waals surface area contributed by atoms with E-state index in [0.717, 1.165) is 0 Å². The van der Waals surface area contributed by atoms with Gasteiger partial charge in [0.1, 0.15) is 6.04 Å². The summed E-state index contributed by atoms with van der Waals surface area (Å²) in [6.07, 6.45) is 0.339. The second-order valence-electron chi connectivity index (χ2n) is 6.08. The van der Waals surface area contributed by atoms with Gasteiger partial charge in [-0.2, -0.15) is 0 Å². The largest absolute Gasteiger partial charge is 0.353 e. The minimum atomic E-state index is -0.560. The van der Waals surface area contributed by atoms with Gasteiger partial charge in [-0.3, -0.25) is 19.4 Å². The van der Waals surface area contributed by atoms with Crippen LogP contribution in [0.1, 0.15) is 31.5 Å². The monoisotopic (exact) mass is 322 g/mol. The van der Waals surface area contributed by atoms with Gasteiger partial charge in [0.25, 0.3) is 5.56 Å². The molecule has 1 unspecified atom stereocenters. The summed E-state index contributed by atoms with van der Waals surface area (Å²) in [7, 11) is 0. The molecule has 1 aliphatic heterocycles. The van der Waals surface area contributed by atoms with Crippen molar-refractivity contribution in [3.05, 3.63) is 32.1 Å². The third-order valence-corrected chi connectivity index (χ3v) is 4.05. The molecule has 126 valence electrons. The van der Waals surface area contributed by atoms with Gasteiger partial charge in [0.05, 0.1) is 0 Å². The Labute approximate surface area is 133 Å². The number of rotatable bonds is 4. The van der Waals surface area contributed by atoms with E-state index in [1.165, 1.54) is 0 Å². The highest BCUT2D eigenvalue weighted by molar-refractivity contribution is 5.89. The highest BCUT2D eigenvalue weighted by Crippen LogP contribution is 2.16. The van der Waals surface area contributed by atoms with Crippen molar-refractivity contribution in [3.8, 4) is 0 Å². The highest BCUT2D eigenvalue weighted by Gasteiger charge is 2.34. The van der Waals surface area contributed by atoms with Crippen molar-refractivity contribution in [2.24, 2.45) is 5.92 Å². The second kappa shape index (κ2) is 6.80. The van der Waals surface area contributed by atoms with Crippen LogP contribution in [0, 0.1) is 12.8 Å². The van der Waals surface area contributed by atoms with E-state index in [0.29, 0.717) is 24.3 Å². The van der Waals surface area contributed by atoms with Crippen molar-refractivity contribution in [2.45, 2.75) is 39.7 Å². The molecular weight excluding hydrogens is 300 g/mol. The number of aromatic amines is 2. The van der Waals surface area contributed by atoms with E-state index in [1.807, 2.05) is 13.8 Å². The zero-order chi connectivity index (χ0) is 17.1. The molecule has 0 bridgehead atoms. The van der Waals surface area contributed by atoms with E-state index in [1.54, 1.807) is 11.8 Å². The summed E-state index contributed by atoms with van der Waals surface area (Å²) in [5.74, 6) is -0.293. The Morgan fingerprint density at radius 3 is 2.57 bits per heavy atom. The van der Waals surface area contributed by atoms with Crippen molar-refractivity contribution in [2.75, 3.05) is 13.1 Å². The van der Waals surface area contributed by atoms with E-state index in [-0.39, 0.29) is 30.6 Å². The van der Waals surface area contributed by atoms with Crippen molar-refractivity contribution >= 4 is 11.8 Å². The van der Waals surface area contributed by atoms with E-state index in [4.69, 9.17) is 0 Å². The van der Waals surface area contributed by atoms with Gasteiger partial charge in [-0.05, 0) is 19.3 Å². The summed E-state index contributed by atoms with van der Waals surface area (Å²) in [5, 5.41) is 2.77. The third-order valence-electron chi connectivity index (χ3n) is 4.05. The Morgan fingerprint density at radius 2 is 1.96 bits per heavy atom. The molecule has 2 rings (SSSR count). The van der Waals surface area contributed by atoms with Crippen LogP contribution in [0.4, 0.5) is 0 Å². The van der Waals surface area contributed by atoms with Gasteiger partial charge in [0.2, 0.25) is 11.8 Å². The predicted octanol–water partition coefficient (Wildman–Crippen LogP) is -0.713. The van der Waals surface area contributed by atoms with Crippen LogP contribution in [-0.2, 0) is 16.0 Å². The molecular formula is C15H22N4O4. The molecule has 1 saturated heterocycles. The van der Waals surface area contributed by atoms with Gasteiger partial charge >= 0.3 is 5.69 Å². The minimum absolute atomic E-state index is 0.0115. The fourth-order valence-corrected chi connectivity index (χ4v) is 2.93. The van der Waals surface area contributed by atoms with Gasteiger partial charge in [0.15, 0.2) is 0 Å². The fraction of sp³-hybridized carbons (Fsp3) is 0.600. The Bertz CT molecular complexity index is 719. The maximum atomic E-state index is 12.5. The average molecular weight is 322 g/mol. The van der Waals surface area contributed by atoms with E-state index >= 15 is 0 Å². The molecule has 8 nitrogen and oxygen atoms in total. The second-order valence-corrected chi connectivity index (χ2v) is 6.08. The number of aryl methyl sites for hydroxylation is 1. The number of hydrogen-bond donors (Lipinski definition) is 3. The molecule has 1 aromatic rings. The number of nitrogens with one attached hydrogen (secondary N) is 3. The molecule has 0 aliphatic carbocycles. The number of carbonyl (C=O) groups excluding carboxylic acids is 2. The zero-order valence-corrected chi connectivity index (χ0v) is 13.6. The number of amides is 2. The first kappa shape index (κ1) is 17.0. The molecule has 1 atom stereocenters. The van der Waals surface area contributed by atoms with E-state index in [9.17, 15) is 19.2 Å². The summed E-state index contributed by atoms with van der Waals surface area (Å²) in [5.41, 5.74) is -0.185. The Hall–Kier alpha value is -2.38. The standard InChI is InChI=1S/C15H22N4O4/c1-8(2)12-14(22)16-6-7-19(12)11(20)5-4-10-9(3)17-15(23)18-13(10)21/h8,12H,4-7H2,1-3H3,(H,16,22)(H2,17,18,21,23). The zero-order valence-electron chi connectivity index (χ0n) is 13.6. The smallest absolute Gasteiger partial charge is 0.325 e. The highest BCUT2D eigenvalue weighted by atomic mass is 16.2. The molecule has 8 heteroatoms. The fourth-order valence-electron chi connectivity index (χ4n) is 2.93.